The van der Waals surface area contributed by atoms with Gasteiger partial charge in [0.2, 0.25) is 0 Å². The molecule has 2 rings (SSSR count). The number of hydrogen-bond acceptors (Lipinski definition) is 3. The van der Waals surface area contributed by atoms with Gasteiger partial charge in [0, 0.05) is 15.8 Å². The number of hydrogen-bond donors (Lipinski definition) is 3. The van der Waals surface area contributed by atoms with Gasteiger partial charge in [0.05, 0.1) is 11.1 Å². The number of nitrogens with one attached hydrogen (secondary N) is 1. The first-order chi connectivity index (χ1) is 9.47. The minimum absolute atomic E-state index is 0.102. The molecule has 1 amide bonds. The van der Waals surface area contributed by atoms with Gasteiger partial charge in [-0.2, -0.15) is 0 Å². The number of carbonyl (C=O) groups is 2. The lowest BCUT2D eigenvalue weighted by Crippen LogP contribution is -2.14. The van der Waals surface area contributed by atoms with E-state index in [0.717, 1.165) is 4.47 Å². The van der Waals surface area contributed by atoms with E-state index in [-0.39, 0.29) is 5.56 Å². The Labute approximate surface area is 123 Å². The van der Waals surface area contributed by atoms with E-state index >= 15 is 0 Å². The molecule has 102 valence electrons. The van der Waals surface area contributed by atoms with E-state index in [2.05, 4.69) is 21.2 Å². The second-order valence-corrected chi connectivity index (χ2v) is 4.99. The number of carboxylic acid groups (broad SMARTS) is 1. The summed E-state index contributed by atoms with van der Waals surface area (Å²) in [5.41, 5.74) is 6.91. The van der Waals surface area contributed by atoms with Crippen molar-refractivity contribution in [2.75, 3.05) is 11.1 Å². The maximum atomic E-state index is 12.1. The number of carbonyl (C=O) groups excluding carboxylic acids is 1. The molecule has 4 N–H and O–H groups in total. The van der Waals surface area contributed by atoms with E-state index in [4.69, 9.17) is 10.8 Å². The van der Waals surface area contributed by atoms with Gasteiger partial charge in [0.25, 0.3) is 5.91 Å². The molecular weight excluding hydrogens is 324 g/mol. The number of nitrogen functional groups attached to an aromatic ring is 1. The Morgan fingerprint density at radius 2 is 1.90 bits per heavy atom. The zero-order valence-electron chi connectivity index (χ0n) is 10.3. The minimum atomic E-state index is -1.05. The second-order valence-electron chi connectivity index (χ2n) is 4.07. The highest BCUT2D eigenvalue weighted by Gasteiger charge is 2.11. The zero-order valence-corrected chi connectivity index (χ0v) is 11.8. The first kappa shape index (κ1) is 14.1. The molecule has 0 saturated carbocycles. The molecule has 0 aliphatic carbocycles. The summed E-state index contributed by atoms with van der Waals surface area (Å²) in [6, 6.07) is 11.0. The third-order valence-corrected chi connectivity index (χ3v) is 3.12. The highest BCUT2D eigenvalue weighted by molar-refractivity contribution is 9.10. The van der Waals surface area contributed by atoms with Gasteiger partial charge in [0.15, 0.2) is 0 Å². The third-order valence-electron chi connectivity index (χ3n) is 2.63. The lowest BCUT2D eigenvalue weighted by atomic mass is 10.1. The van der Waals surface area contributed by atoms with Crippen molar-refractivity contribution in [3.8, 4) is 0 Å². The van der Waals surface area contributed by atoms with Crippen LogP contribution in [0.3, 0.4) is 0 Å². The maximum absolute atomic E-state index is 12.1. The molecule has 0 atom stereocenters. The normalized spacial score (nSPS) is 10.1. The highest BCUT2D eigenvalue weighted by atomic mass is 79.9. The summed E-state index contributed by atoms with van der Waals surface area (Å²) in [6.45, 7) is 0. The SMILES string of the molecule is Nc1ccc(Br)cc1C(=O)Nc1cccc(C(=O)O)c1. The number of anilines is 2. The predicted molar refractivity (Wildman–Crippen MR) is 79.9 cm³/mol. The Kier molecular flexibility index (Phi) is 4.05. The van der Waals surface area contributed by atoms with Gasteiger partial charge in [-0.3, -0.25) is 4.79 Å². The molecule has 20 heavy (non-hydrogen) atoms. The number of carboxylic acids is 1. The topological polar surface area (TPSA) is 92.4 Å². The van der Waals surface area contributed by atoms with Crippen LogP contribution in [0.1, 0.15) is 20.7 Å². The van der Waals surface area contributed by atoms with Crippen LogP contribution in [0.15, 0.2) is 46.9 Å². The monoisotopic (exact) mass is 334 g/mol. The molecule has 0 fully saturated rings. The van der Waals surface area contributed by atoms with Crippen molar-refractivity contribution in [1.29, 1.82) is 0 Å². The van der Waals surface area contributed by atoms with Crippen molar-refractivity contribution in [1.82, 2.24) is 0 Å². The van der Waals surface area contributed by atoms with Crippen LogP contribution in [0.5, 0.6) is 0 Å². The Morgan fingerprint density at radius 1 is 1.15 bits per heavy atom. The molecule has 0 spiro atoms. The number of halogens is 1. The molecule has 0 aromatic heterocycles. The first-order valence-electron chi connectivity index (χ1n) is 5.67. The summed E-state index contributed by atoms with van der Waals surface area (Å²) in [4.78, 5) is 23.0. The van der Waals surface area contributed by atoms with Gasteiger partial charge in [-0.1, -0.05) is 22.0 Å². The fourth-order valence-electron chi connectivity index (χ4n) is 1.65. The van der Waals surface area contributed by atoms with Crippen molar-refractivity contribution >= 4 is 39.2 Å². The number of aromatic carboxylic acids is 1. The molecule has 0 bridgehead atoms. The van der Waals surface area contributed by atoms with Crippen LogP contribution >= 0.6 is 15.9 Å². The van der Waals surface area contributed by atoms with Crippen molar-refractivity contribution < 1.29 is 14.7 Å². The van der Waals surface area contributed by atoms with Crippen LogP contribution in [-0.2, 0) is 0 Å². The van der Waals surface area contributed by atoms with E-state index in [0.29, 0.717) is 16.9 Å². The van der Waals surface area contributed by atoms with Gasteiger partial charge in [-0.25, -0.2) is 4.79 Å². The summed E-state index contributed by atoms with van der Waals surface area (Å²) in [7, 11) is 0. The van der Waals surface area contributed by atoms with Gasteiger partial charge < -0.3 is 16.2 Å². The number of nitrogens with two attached hydrogens (primary N) is 1. The van der Waals surface area contributed by atoms with E-state index in [1.165, 1.54) is 12.1 Å². The van der Waals surface area contributed by atoms with Crippen LogP contribution in [0.4, 0.5) is 11.4 Å². The van der Waals surface area contributed by atoms with Gasteiger partial charge in [-0.15, -0.1) is 0 Å². The third kappa shape index (κ3) is 3.16. The van der Waals surface area contributed by atoms with E-state index in [1.54, 1.807) is 30.3 Å². The lowest BCUT2D eigenvalue weighted by Gasteiger charge is -2.08. The van der Waals surface area contributed by atoms with Crippen molar-refractivity contribution in [3.05, 3.63) is 58.1 Å². The maximum Gasteiger partial charge on any atom is 0.335 e. The number of benzene rings is 2. The quantitative estimate of drug-likeness (QED) is 0.752. The summed E-state index contributed by atoms with van der Waals surface area (Å²) in [5, 5.41) is 11.5. The Balaban J connectivity index is 2.25. The molecule has 0 saturated heterocycles. The van der Waals surface area contributed by atoms with Crippen molar-refractivity contribution in [3.63, 3.8) is 0 Å². The standard InChI is InChI=1S/C14H11BrN2O3/c15-9-4-5-12(16)11(7-9)13(18)17-10-3-1-2-8(6-10)14(19)20/h1-7H,16H2,(H,17,18)(H,19,20). The van der Waals surface area contributed by atoms with Gasteiger partial charge >= 0.3 is 5.97 Å². The molecular formula is C14H11BrN2O3. The van der Waals surface area contributed by atoms with Crippen LogP contribution in [-0.4, -0.2) is 17.0 Å². The summed E-state index contributed by atoms with van der Waals surface area (Å²) in [6.07, 6.45) is 0. The fourth-order valence-corrected chi connectivity index (χ4v) is 2.01. The molecule has 0 heterocycles. The lowest BCUT2D eigenvalue weighted by molar-refractivity contribution is 0.0696. The van der Waals surface area contributed by atoms with Crippen LogP contribution < -0.4 is 11.1 Å². The van der Waals surface area contributed by atoms with Crippen molar-refractivity contribution in [2.24, 2.45) is 0 Å². The minimum Gasteiger partial charge on any atom is -0.478 e. The van der Waals surface area contributed by atoms with Crippen molar-refractivity contribution in [2.45, 2.75) is 0 Å². The smallest absolute Gasteiger partial charge is 0.335 e. The summed E-state index contributed by atoms with van der Waals surface area (Å²) in [5.74, 6) is -1.45. The summed E-state index contributed by atoms with van der Waals surface area (Å²) < 4.78 is 0.733. The Hall–Kier alpha value is -2.34. The van der Waals surface area contributed by atoms with Gasteiger partial charge in [0.1, 0.15) is 0 Å². The van der Waals surface area contributed by atoms with E-state index < -0.39 is 11.9 Å². The first-order valence-corrected chi connectivity index (χ1v) is 6.46. The molecule has 2 aromatic carbocycles. The van der Waals surface area contributed by atoms with Gasteiger partial charge in [-0.05, 0) is 36.4 Å². The Bertz CT molecular complexity index is 686. The zero-order chi connectivity index (χ0) is 14.7. The average molecular weight is 335 g/mol. The highest BCUT2D eigenvalue weighted by Crippen LogP contribution is 2.20. The Morgan fingerprint density at radius 3 is 2.60 bits per heavy atom. The fraction of sp³-hybridized carbons (Fsp3) is 0. The molecule has 0 radical (unpaired) electrons. The second kappa shape index (κ2) is 5.75. The largest absolute Gasteiger partial charge is 0.478 e. The van der Waals surface area contributed by atoms with E-state index in [9.17, 15) is 9.59 Å². The van der Waals surface area contributed by atoms with Crippen LogP contribution in [0.25, 0.3) is 0 Å². The summed E-state index contributed by atoms with van der Waals surface area (Å²) >= 11 is 3.27. The molecule has 5 nitrogen and oxygen atoms in total. The number of amides is 1. The molecule has 2 aromatic rings. The molecule has 0 aliphatic heterocycles. The molecule has 0 unspecified atom stereocenters. The average Bonchev–Trinajstić information content (AvgIpc) is 2.41. The van der Waals surface area contributed by atoms with Crippen LogP contribution in [0.2, 0.25) is 0 Å². The van der Waals surface area contributed by atoms with Crippen LogP contribution in [0, 0.1) is 0 Å². The number of rotatable bonds is 3. The molecule has 6 heteroatoms. The predicted octanol–water partition coefficient (Wildman–Crippen LogP) is 2.98. The van der Waals surface area contributed by atoms with E-state index in [1.807, 2.05) is 0 Å². The molecule has 0 aliphatic rings.